The number of halogens is 2. The zero-order valence-corrected chi connectivity index (χ0v) is 15.9. The monoisotopic (exact) mass is 432 g/mol. The molecule has 0 spiro atoms. The minimum atomic E-state index is -4.67. The second-order valence-electron chi connectivity index (χ2n) is 5.18. The largest absolute Gasteiger partial charge is 0.394 e. The standard InChI is InChI=1S/2C8H10FN3.H2O4S/c2*9-7-3-1-6(2-4-7)5-12-8(10)11;1-5(2,3)4/h2*1-4H,5H2,(H4,10,11,12);(H2,1,2,3,4). The van der Waals surface area contributed by atoms with Crippen LogP contribution in [0.2, 0.25) is 0 Å². The second-order valence-corrected chi connectivity index (χ2v) is 6.08. The van der Waals surface area contributed by atoms with Crippen molar-refractivity contribution in [3.63, 3.8) is 0 Å². The molecule has 0 radical (unpaired) electrons. The molecule has 0 aliphatic carbocycles. The van der Waals surface area contributed by atoms with Crippen LogP contribution in [0, 0.1) is 11.6 Å². The van der Waals surface area contributed by atoms with Crippen molar-refractivity contribution in [2.75, 3.05) is 0 Å². The molecular formula is C16H22F2N6O4S. The van der Waals surface area contributed by atoms with Crippen LogP contribution in [-0.4, -0.2) is 29.4 Å². The van der Waals surface area contributed by atoms with Gasteiger partial charge in [-0.1, -0.05) is 24.3 Å². The number of hydrogen-bond acceptors (Lipinski definition) is 4. The minimum absolute atomic E-state index is 0.0410. The molecule has 2 rings (SSSR count). The molecule has 2 aromatic carbocycles. The molecule has 0 amide bonds. The Morgan fingerprint density at radius 3 is 1.17 bits per heavy atom. The summed E-state index contributed by atoms with van der Waals surface area (Å²) in [4.78, 5) is 7.55. The van der Waals surface area contributed by atoms with E-state index in [4.69, 9.17) is 40.5 Å². The van der Waals surface area contributed by atoms with Gasteiger partial charge in [-0.15, -0.1) is 0 Å². The molecule has 0 unspecified atom stereocenters. The zero-order chi connectivity index (χ0) is 22.4. The number of hydrogen-bond donors (Lipinski definition) is 6. The van der Waals surface area contributed by atoms with Crippen LogP contribution in [0.15, 0.2) is 58.5 Å². The number of guanidine groups is 2. The first-order chi connectivity index (χ1) is 13.4. The van der Waals surface area contributed by atoms with E-state index in [-0.39, 0.29) is 23.6 Å². The molecule has 0 bridgehead atoms. The molecule has 29 heavy (non-hydrogen) atoms. The van der Waals surface area contributed by atoms with E-state index in [0.717, 1.165) is 11.1 Å². The first-order valence-electron chi connectivity index (χ1n) is 7.66. The van der Waals surface area contributed by atoms with Crippen molar-refractivity contribution in [1.82, 2.24) is 0 Å². The highest BCUT2D eigenvalue weighted by molar-refractivity contribution is 7.79. The summed E-state index contributed by atoms with van der Waals surface area (Å²) in [5.41, 5.74) is 22.3. The number of rotatable bonds is 4. The van der Waals surface area contributed by atoms with Crippen molar-refractivity contribution in [2.45, 2.75) is 13.1 Å². The molecule has 0 fully saturated rings. The highest BCUT2D eigenvalue weighted by Gasteiger charge is 1.92. The van der Waals surface area contributed by atoms with Gasteiger partial charge < -0.3 is 22.9 Å². The predicted octanol–water partition coefficient (Wildman–Crippen LogP) is 0.545. The molecule has 2 aromatic rings. The van der Waals surface area contributed by atoms with Gasteiger partial charge in [0.1, 0.15) is 11.6 Å². The third-order valence-corrected chi connectivity index (χ3v) is 2.71. The SMILES string of the molecule is NC(N)=NCc1ccc(F)cc1.NC(N)=NCc1ccc(F)cc1.O=S(=O)(O)O. The van der Waals surface area contributed by atoms with Crippen LogP contribution in [0.25, 0.3) is 0 Å². The first-order valence-corrected chi connectivity index (χ1v) is 9.06. The molecule has 10 N–H and O–H groups in total. The van der Waals surface area contributed by atoms with Crippen LogP contribution in [-0.2, 0) is 23.5 Å². The van der Waals surface area contributed by atoms with Crippen molar-refractivity contribution in [1.29, 1.82) is 0 Å². The van der Waals surface area contributed by atoms with E-state index >= 15 is 0 Å². The van der Waals surface area contributed by atoms with Gasteiger partial charge in [-0.25, -0.2) is 18.8 Å². The maximum absolute atomic E-state index is 12.4. The van der Waals surface area contributed by atoms with E-state index in [1.807, 2.05) is 0 Å². The lowest BCUT2D eigenvalue weighted by Gasteiger charge is -1.95. The van der Waals surface area contributed by atoms with Crippen molar-refractivity contribution >= 4 is 22.3 Å². The minimum Gasteiger partial charge on any atom is -0.370 e. The molecule has 0 aromatic heterocycles. The highest BCUT2D eigenvalue weighted by atomic mass is 32.3. The number of nitrogens with zero attached hydrogens (tertiary/aromatic N) is 2. The third kappa shape index (κ3) is 17.9. The third-order valence-electron chi connectivity index (χ3n) is 2.71. The lowest BCUT2D eigenvalue weighted by atomic mass is 10.2. The van der Waals surface area contributed by atoms with E-state index < -0.39 is 10.4 Å². The average molecular weight is 432 g/mol. The quantitative estimate of drug-likeness (QED) is 0.228. The van der Waals surface area contributed by atoms with Crippen LogP contribution in [0.1, 0.15) is 11.1 Å². The molecule has 160 valence electrons. The van der Waals surface area contributed by atoms with Gasteiger partial charge in [-0.2, -0.15) is 8.42 Å². The van der Waals surface area contributed by atoms with Gasteiger partial charge in [0.2, 0.25) is 0 Å². The van der Waals surface area contributed by atoms with Gasteiger partial charge in [0.15, 0.2) is 11.9 Å². The molecule has 0 aliphatic rings. The van der Waals surface area contributed by atoms with E-state index in [2.05, 4.69) is 9.98 Å². The summed E-state index contributed by atoms with van der Waals surface area (Å²) in [5, 5.41) is 0. The number of nitrogens with two attached hydrogens (primary N) is 4. The van der Waals surface area contributed by atoms with Crippen LogP contribution >= 0.6 is 0 Å². The summed E-state index contributed by atoms with van der Waals surface area (Å²) in [7, 11) is -4.67. The molecule has 0 atom stereocenters. The average Bonchev–Trinajstić information content (AvgIpc) is 2.60. The van der Waals surface area contributed by atoms with E-state index in [0.29, 0.717) is 13.1 Å². The van der Waals surface area contributed by atoms with Gasteiger partial charge in [-0.3, -0.25) is 9.11 Å². The van der Waals surface area contributed by atoms with Crippen molar-refractivity contribution in [3.05, 3.63) is 71.3 Å². The fourth-order valence-electron chi connectivity index (χ4n) is 1.54. The Kier molecular flexibility index (Phi) is 11.5. The molecule has 0 saturated carbocycles. The Labute approximate surface area is 166 Å². The molecule has 10 nitrogen and oxygen atoms in total. The van der Waals surface area contributed by atoms with Crippen molar-refractivity contribution in [3.8, 4) is 0 Å². The summed E-state index contributed by atoms with van der Waals surface area (Å²) in [6.45, 7) is 0.783. The Balaban J connectivity index is 0.000000442. The number of benzene rings is 2. The van der Waals surface area contributed by atoms with Crippen LogP contribution in [0.4, 0.5) is 8.78 Å². The molecule has 0 saturated heterocycles. The molecule has 0 heterocycles. The van der Waals surface area contributed by atoms with Gasteiger partial charge in [0, 0.05) is 0 Å². The fourth-order valence-corrected chi connectivity index (χ4v) is 1.54. The Bertz CT molecular complexity index is 827. The van der Waals surface area contributed by atoms with Gasteiger partial charge in [0.25, 0.3) is 0 Å². The lowest BCUT2D eigenvalue weighted by molar-refractivity contribution is 0.381. The zero-order valence-electron chi connectivity index (χ0n) is 15.1. The van der Waals surface area contributed by atoms with Crippen LogP contribution in [0.5, 0.6) is 0 Å². The van der Waals surface area contributed by atoms with Gasteiger partial charge in [0.05, 0.1) is 13.1 Å². The Hall–Kier alpha value is -3.29. The summed E-state index contributed by atoms with van der Waals surface area (Å²) < 4.78 is 56.4. The number of aliphatic imine (C=N–C) groups is 2. The molecule has 0 aliphatic heterocycles. The lowest BCUT2D eigenvalue weighted by Crippen LogP contribution is -2.22. The molecular weight excluding hydrogens is 410 g/mol. The van der Waals surface area contributed by atoms with E-state index in [9.17, 15) is 8.78 Å². The fraction of sp³-hybridized carbons (Fsp3) is 0.125. The second kappa shape index (κ2) is 13.0. The summed E-state index contributed by atoms with van der Waals surface area (Å²) >= 11 is 0. The van der Waals surface area contributed by atoms with E-state index in [1.165, 1.54) is 24.3 Å². The summed E-state index contributed by atoms with van der Waals surface area (Å²) in [5.74, 6) is -0.439. The van der Waals surface area contributed by atoms with Crippen molar-refractivity contribution in [2.24, 2.45) is 32.9 Å². The summed E-state index contributed by atoms with van der Waals surface area (Å²) in [6, 6.07) is 12.1. The van der Waals surface area contributed by atoms with Crippen LogP contribution < -0.4 is 22.9 Å². The van der Waals surface area contributed by atoms with E-state index in [1.54, 1.807) is 24.3 Å². The Morgan fingerprint density at radius 2 is 0.966 bits per heavy atom. The highest BCUT2D eigenvalue weighted by Crippen LogP contribution is 2.04. The smallest absolute Gasteiger partial charge is 0.370 e. The maximum atomic E-state index is 12.4. The van der Waals surface area contributed by atoms with Crippen LogP contribution in [0.3, 0.4) is 0 Å². The normalized spacial score (nSPS) is 9.79. The topological polar surface area (TPSA) is 203 Å². The molecule has 13 heteroatoms. The summed E-state index contributed by atoms with van der Waals surface area (Å²) in [6.07, 6.45) is 0. The van der Waals surface area contributed by atoms with Gasteiger partial charge >= 0.3 is 10.4 Å². The predicted molar refractivity (Wildman–Crippen MR) is 106 cm³/mol. The van der Waals surface area contributed by atoms with Gasteiger partial charge in [-0.05, 0) is 35.4 Å². The van der Waals surface area contributed by atoms with Crippen molar-refractivity contribution < 1.29 is 26.3 Å². The maximum Gasteiger partial charge on any atom is 0.394 e. The Morgan fingerprint density at radius 1 is 0.724 bits per heavy atom. The first kappa shape index (κ1) is 25.7.